The van der Waals surface area contributed by atoms with Crippen LogP contribution < -0.4 is 16.5 Å². The predicted molar refractivity (Wildman–Crippen MR) is 102 cm³/mol. The van der Waals surface area contributed by atoms with Crippen LogP contribution in [-0.2, 0) is 4.65 Å². The summed E-state index contributed by atoms with van der Waals surface area (Å²) in [6, 6.07) is 9.28. The summed E-state index contributed by atoms with van der Waals surface area (Å²) in [6.45, 7) is 2.19. The number of rotatable bonds is 7. The van der Waals surface area contributed by atoms with Crippen molar-refractivity contribution in [3.63, 3.8) is 0 Å². The lowest BCUT2D eigenvalue weighted by molar-refractivity contribution is 0.100. The van der Waals surface area contributed by atoms with E-state index in [4.69, 9.17) is 10.4 Å². The van der Waals surface area contributed by atoms with Crippen molar-refractivity contribution in [2.45, 2.75) is 32.2 Å². The Kier molecular flexibility index (Phi) is 5.79. The average Bonchev–Trinajstić information content (AvgIpc) is 3.28. The third-order valence-electron chi connectivity index (χ3n) is 4.74. The lowest BCUT2D eigenvalue weighted by Crippen LogP contribution is -2.33. The Balaban J connectivity index is 1.87. The molecule has 1 aliphatic carbocycles. The Labute approximate surface area is 158 Å². The number of nitrogens with two attached hydrogens (primary N) is 1. The van der Waals surface area contributed by atoms with E-state index in [1.165, 1.54) is 0 Å². The second-order valence-corrected chi connectivity index (χ2v) is 6.53. The van der Waals surface area contributed by atoms with Gasteiger partial charge in [0.1, 0.15) is 5.56 Å². The van der Waals surface area contributed by atoms with E-state index >= 15 is 0 Å². The van der Waals surface area contributed by atoms with Gasteiger partial charge in [-0.2, -0.15) is 10.4 Å². The highest BCUT2D eigenvalue weighted by molar-refractivity contribution is 6.60. The van der Waals surface area contributed by atoms with E-state index in [1.54, 1.807) is 42.1 Å². The number of nitrogens with one attached hydrogen (secondary N) is 1. The molecule has 27 heavy (non-hydrogen) atoms. The normalized spacial score (nSPS) is 18.9. The summed E-state index contributed by atoms with van der Waals surface area (Å²) in [4.78, 5) is 11.9. The molecule has 9 heteroatoms. The van der Waals surface area contributed by atoms with Crippen LogP contribution in [0.2, 0.25) is 0 Å². The molecule has 1 aromatic carbocycles. The molecule has 1 aliphatic rings. The molecule has 2 aromatic rings. The van der Waals surface area contributed by atoms with E-state index in [2.05, 4.69) is 16.5 Å². The fourth-order valence-corrected chi connectivity index (χ4v) is 3.40. The van der Waals surface area contributed by atoms with Gasteiger partial charge in [0.05, 0.1) is 18.0 Å². The molecule has 2 atom stereocenters. The van der Waals surface area contributed by atoms with Gasteiger partial charge in [-0.3, -0.25) is 9.48 Å². The van der Waals surface area contributed by atoms with Gasteiger partial charge in [-0.25, -0.2) is 0 Å². The highest BCUT2D eigenvalue weighted by Gasteiger charge is 2.30. The molecule has 4 N–H and O–H groups in total. The number of nitrogens with zero attached hydrogens (tertiary/aromatic N) is 3. The van der Waals surface area contributed by atoms with Gasteiger partial charge in [-0.1, -0.05) is 12.1 Å². The molecule has 3 rings (SSSR count). The molecule has 1 fully saturated rings. The highest BCUT2D eigenvalue weighted by Crippen LogP contribution is 2.36. The van der Waals surface area contributed by atoms with Crippen LogP contribution >= 0.6 is 0 Å². The third kappa shape index (κ3) is 4.13. The van der Waals surface area contributed by atoms with Crippen LogP contribution in [0, 0.1) is 17.2 Å². The molecule has 1 aromatic heterocycles. The number of hydrogen-bond donors (Lipinski definition) is 3. The van der Waals surface area contributed by atoms with Crippen LogP contribution in [0.1, 0.15) is 42.6 Å². The monoisotopic (exact) mass is 367 g/mol. The van der Waals surface area contributed by atoms with Crippen molar-refractivity contribution in [2.24, 2.45) is 11.7 Å². The van der Waals surface area contributed by atoms with Gasteiger partial charge in [0, 0.05) is 18.5 Å². The number of primary amides is 1. The van der Waals surface area contributed by atoms with Gasteiger partial charge in [0.25, 0.3) is 5.91 Å². The maximum atomic E-state index is 11.9. The van der Waals surface area contributed by atoms with Crippen LogP contribution in [0.5, 0.6) is 0 Å². The van der Waals surface area contributed by atoms with E-state index in [-0.39, 0.29) is 17.5 Å². The predicted octanol–water partition coefficient (Wildman–Crippen LogP) is 1.31. The molecule has 0 radical (unpaired) electrons. The number of nitriles is 1. The molecule has 0 spiro atoms. The van der Waals surface area contributed by atoms with Crippen molar-refractivity contribution in [3.05, 3.63) is 36.0 Å². The Hall–Kier alpha value is -2.83. The number of carbonyl (C=O) groups is 1. The van der Waals surface area contributed by atoms with Gasteiger partial charge in [0.2, 0.25) is 0 Å². The molecule has 1 heterocycles. The highest BCUT2D eigenvalue weighted by atomic mass is 16.5. The second-order valence-electron chi connectivity index (χ2n) is 6.53. The van der Waals surface area contributed by atoms with Gasteiger partial charge in [-0.05, 0) is 43.8 Å². The summed E-state index contributed by atoms with van der Waals surface area (Å²) in [5, 5.41) is 26.9. The molecule has 1 saturated carbocycles. The van der Waals surface area contributed by atoms with Crippen molar-refractivity contribution in [1.82, 2.24) is 9.78 Å². The summed E-state index contributed by atoms with van der Waals surface area (Å²) in [6.07, 6.45) is 4.22. The van der Waals surface area contributed by atoms with Crippen LogP contribution in [0.3, 0.4) is 0 Å². The Morgan fingerprint density at radius 1 is 1.56 bits per heavy atom. The van der Waals surface area contributed by atoms with E-state index < -0.39 is 13.0 Å². The smallest absolute Gasteiger partial charge is 0.423 e. The van der Waals surface area contributed by atoms with Crippen molar-refractivity contribution in [1.29, 1.82) is 5.26 Å². The van der Waals surface area contributed by atoms with Gasteiger partial charge in [0.15, 0.2) is 5.82 Å². The van der Waals surface area contributed by atoms with Crippen molar-refractivity contribution in [3.8, 4) is 6.07 Å². The van der Waals surface area contributed by atoms with E-state index in [9.17, 15) is 15.1 Å². The minimum atomic E-state index is -1.03. The fraction of sp³-hybridized carbons (Fsp3) is 0.389. The van der Waals surface area contributed by atoms with E-state index in [1.807, 2.05) is 0 Å². The first-order valence-corrected chi connectivity index (χ1v) is 8.98. The lowest BCUT2D eigenvalue weighted by atomic mass is 9.79. The second kappa shape index (κ2) is 8.25. The van der Waals surface area contributed by atoms with Crippen LogP contribution in [0.25, 0.3) is 0 Å². The van der Waals surface area contributed by atoms with Crippen LogP contribution in [-0.4, -0.2) is 34.4 Å². The molecule has 1 unspecified atom stereocenters. The number of benzene rings is 1. The van der Waals surface area contributed by atoms with Crippen LogP contribution in [0.15, 0.2) is 30.5 Å². The summed E-state index contributed by atoms with van der Waals surface area (Å²) < 4.78 is 6.86. The summed E-state index contributed by atoms with van der Waals surface area (Å²) in [7, 11) is -1.03. The minimum Gasteiger partial charge on any atom is -0.423 e. The Bertz CT molecular complexity index is 863. The Morgan fingerprint density at radius 2 is 2.37 bits per heavy atom. The first-order valence-electron chi connectivity index (χ1n) is 8.98. The maximum Gasteiger partial charge on any atom is 0.491 e. The number of aromatic nitrogens is 2. The lowest BCUT2D eigenvalue weighted by Gasteiger charge is -2.13. The topological polar surface area (TPSA) is 126 Å². The zero-order valence-corrected chi connectivity index (χ0v) is 15.1. The molecule has 0 aliphatic heterocycles. The molecule has 0 saturated heterocycles. The van der Waals surface area contributed by atoms with Gasteiger partial charge in [-0.15, -0.1) is 0 Å². The number of hydrogen-bond acceptors (Lipinski definition) is 6. The molecule has 1 amide bonds. The number of amides is 1. The zero-order valence-electron chi connectivity index (χ0n) is 15.1. The SMILES string of the molecule is CCOB(O)c1cccc(Nc2nn(C3CCC[C@@H]3C#N)cc2C(N)=O)c1. The molecular weight excluding hydrogens is 345 g/mol. The van der Waals surface area contributed by atoms with Gasteiger partial charge >= 0.3 is 7.12 Å². The van der Waals surface area contributed by atoms with Crippen molar-refractivity contribution >= 4 is 30.0 Å². The van der Waals surface area contributed by atoms with E-state index in [0.29, 0.717) is 23.6 Å². The largest absolute Gasteiger partial charge is 0.491 e. The van der Waals surface area contributed by atoms with Crippen molar-refractivity contribution in [2.75, 3.05) is 11.9 Å². The first-order chi connectivity index (χ1) is 13.0. The number of carbonyl (C=O) groups excluding carboxylic acids is 1. The quantitative estimate of drug-likeness (QED) is 0.634. The molecular formula is C18H22BN5O3. The van der Waals surface area contributed by atoms with Crippen molar-refractivity contribution < 1.29 is 14.5 Å². The number of anilines is 2. The van der Waals surface area contributed by atoms with Crippen LogP contribution in [0.4, 0.5) is 11.5 Å². The average molecular weight is 367 g/mol. The zero-order chi connectivity index (χ0) is 19.4. The standard InChI is InChI=1S/C18H22BN5O3/c1-2-27-19(26)13-6-4-7-14(9-13)22-18-15(17(21)25)11-24(23-18)16-8-3-5-12(16)10-20/h4,6-7,9,11-12,16,26H,2-3,5,8H2,1H3,(H2,21,25)(H,22,23)/t12-,16?/m1/s1. The molecule has 0 bridgehead atoms. The summed E-state index contributed by atoms with van der Waals surface area (Å²) in [5.41, 5.74) is 6.99. The molecule has 8 nitrogen and oxygen atoms in total. The summed E-state index contributed by atoms with van der Waals surface area (Å²) >= 11 is 0. The van der Waals surface area contributed by atoms with E-state index in [0.717, 1.165) is 19.3 Å². The molecule has 140 valence electrons. The third-order valence-corrected chi connectivity index (χ3v) is 4.74. The van der Waals surface area contributed by atoms with Gasteiger partial charge < -0.3 is 20.7 Å². The first kappa shape index (κ1) is 19.0. The minimum absolute atomic E-state index is 0.0604. The Morgan fingerprint density at radius 3 is 3.07 bits per heavy atom. The fourth-order valence-electron chi connectivity index (χ4n) is 3.40. The maximum absolute atomic E-state index is 11.9. The summed E-state index contributed by atoms with van der Waals surface area (Å²) in [5.74, 6) is -0.391.